The van der Waals surface area contributed by atoms with Gasteiger partial charge < -0.3 is 50.2 Å². The molecule has 268 valence electrons. The lowest BCUT2D eigenvalue weighted by Gasteiger charge is -2.37. The van der Waals surface area contributed by atoms with Crippen molar-refractivity contribution in [3.8, 4) is 23.3 Å². The lowest BCUT2D eigenvalue weighted by molar-refractivity contribution is 0.00588. The Kier molecular flexibility index (Phi) is 12.8. The summed E-state index contributed by atoms with van der Waals surface area (Å²) in [4.78, 5) is 46.7. The summed E-state index contributed by atoms with van der Waals surface area (Å²) in [5.74, 6) is 6.14. The van der Waals surface area contributed by atoms with Gasteiger partial charge in [0.05, 0.1) is 36.7 Å². The molecular formula is C33H40Br2N8O7. The average molecular weight is 821 g/mol. The number of aromatic nitrogens is 4. The predicted octanol–water partition coefficient (Wildman–Crippen LogP) is 4.11. The SMILES string of the molecule is Br.Br.COC(=O)c1cc(OC)c2c(c1)nc(N)n2C/C=C/Cn1c(N)nc2cc(C(N)=O)cc(OCC#CC3CN(C(=O)OC(C)(C)C)C3)c21. The Bertz CT molecular complexity index is 2000. The van der Waals surface area contributed by atoms with Crippen molar-refractivity contribution in [2.24, 2.45) is 11.7 Å². The van der Waals surface area contributed by atoms with E-state index in [4.69, 9.17) is 36.1 Å². The Hall–Kier alpha value is -4.95. The number of hydrogen-bond donors (Lipinski definition) is 3. The molecule has 50 heavy (non-hydrogen) atoms. The molecule has 2 aromatic heterocycles. The smallest absolute Gasteiger partial charge is 0.410 e. The first-order valence-corrected chi connectivity index (χ1v) is 15.0. The molecule has 0 atom stereocenters. The van der Waals surface area contributed by atoms with Gasteiger partial charge in [-0.05, 0) is 45.0 Å². The highest BCUT2D eigenvalue weighted by molar-refractivity contribution is 8.93. The Labute approximate surface area is 309 Å². The second-order valence-corrected chi connectivity index (χ2v) is 12.1. The van der Waals surface area contributed by atoms with Crippen LogP contribution < -0.4 is 26.7 Å². The van der Waals surface area contributed by atoms with Gasteiger partial charge >= 0.3 is 12.1 Å². The van der Waals surface area contributed by atoms with Crippen LogP contribution in [0.4, 0.5) is 16.7 Å². The Balaban J connectivity index is 0.00000338. The monoisotopic (exact) mass is 818 g/mol. The predicted molar refractivity (Wildman–Crippen MR) is 199 cm³/mol. The number of esters is 1. The van der Waals surface area contributed by atoms with E-state index in [1.54, 1.807) is 32.2 Å². The minimum Gasteiger partial charge on any atom is -0.494 e. The summed E-state index contributed by atoms with van der Waals surface area (Å²) in [7, 11) is 2.79. The zero-order chi connectivity index (χ0) is 34.7. The topological polar surface area (TPSA) is 205 Å². The molecule has 1 saturated heterocycles. The fourth-order valence-electron chi connectivity index (χ4n) is 5.21. The number of ether oxygens (including phenoxy) is 4. The van der Waals surface area contributed by atoms with Crippen LogP contribution >= 0.6 is 34.0 Å². The molecule has 0 spiro atoms. The van der Waals surface area contributed by atoms with Crippen LogP contribution in [-0.2, 0) is 22.6 Å². The molecule has 0 aliphatic carbocycles. The summed E-state index contributed by atoms with van der Waals surface area (Å²) < 4.78 is 25.2. The van der Waals surface area contributed by atoms with Crippen LogP contribution in [0.15, 0.2) is 36.4 Å². The number of nitrogen functional groups attached to an aromatic ring is 2. The van der Waals surface area contributed by atoms with Crippen LogP contribution in [0.1, 0.15) is 41.5 Å². The van der Waals surface area contributed by atoms with Crippen LogP contribution in [0.2, 0.25) is 0 Å². The van der Waals surface area contributed by atoms with E-state index in [1.807, 2.05) is 32.9 Å². The van der Waals surface area contributed by atoms with Gasteiger partial charge in [0.25, 0.3) is 0 Å². The molecule has 0 unspecified atom stereocenters. The van der Waals surface area contributed by atoms with E-state index in [2.05, 4.69) is 21.8 Å². The molecule has 1 aliphatic rings. The molecule has 17 heteroatoms. The maximum Gasteiger partial charge on any atom is 0.410 e. The molecule has 15 nitrogen and oxygen atoms in total. The number of halogens is 2. The van der Waals surface area contributed by atoms with Crippen molar-refractivity contribution in [3.05, 3.63) is 47.5 Å². The Morgan fingerprint density at radius 3 is 1.96 bits per heavy atom. The Morgan fingerprint density at radius 1 is 0.900 bits per heavy atom. The normalized spacial score (nSPS) is 12.8. The minimum atomic E-state index is -0.642. The number of rotatable bonds is 9. The van der Waals surface area contributed by atoms with Gasteiger partial charge in [0.1, 0.15) is 34.7 Å². The quantitative estimate of drug-likeness (QED) is 0.125. The molecule has 3 heterocycles. The van der Waals surface area contributed by atoms with E-state index >= 15 is 0 Å². The summed E-state index contributed by atoms with van der Waals surface area (Å²) in [5.41, 5.74) is 20.1. The fourth-order valence-corrected chi connectivity index (χ4v) is 5.21. The molecule has 6 N–H and O–H groups in total. The van der Waals surface area contributed by atoms with Gasteiger partial charge in [-0.1, -0.05) is 24.0 Å². The number of carbonyl (C=O) groups excluding carboxylic acids is 3. The summed E-state index contributed by atoms with van der Waals surface area (Å²) in [6.45, 7) is 7.07. The van der Waals surface area contributed by atoms with Gasteiger partial charge in [-0.15, -0.1) is 34.0 Å². The third-order valence-electron chi connectivity index (χ3n) is 7.48. The molecule has 4 aromatic rings. The number of anilines is 2. The number of nitrogens with two attached hydrogens (primary N) is 3. The number of primary amides is 1. The molecule has 2 aromatic carbocycles. The van der Waals surface area contributed by atoms with Crippen LogP contribution in [0.25, 0.3) is 22.1 Å². The van der Waals surface area contributed by atoms with Crippen LogP contribution in [0.5, 0.6) is 11.5 Å². The first-order valence-electron chi connectivity index (χ1n) is 15.0. The number of amides is 2. The van der Waals surface area contributed by atoms with Crippen LogP contribution in [0.3, 0.4) is 0 Å². The molecular weight excluding hydrogens is 780 g/mol. The molecule has 2 amide bonds. The van der Waals surface area contributed by atoms with E-state index in [1.165, 1.54) is 20.3 Å². The van der Waals surface area contributed by atoms with Gasteiger partial charge in [0.2, 0.25) is 17.8 Å². The first kappa shape index (κ1) is 39.5. The average Bonchev–Trinajstić information content (AvgIpc) is 3.50. The second kappa shape index (κ2) is 16.2. The van der Waals surface area contributed by atoms with Crippen molar-refractivity contribution in [2.45, 2.75) is 39.5 Å². The molecule has 5 rings (SSSR count). The van der Waals surface area contributed by atoms with E-state index in [0.717, 1.165) is 0 Å². The zero-order valence-corrected chi connectivity index (χ0v) is 31.6. The first-order chi connectivity index (χ1) is 22.8. The van der Waals surface area contributed by atoms with Gasteiger partial charge in [-0.2, -0.15) is 0 Å². The van der Waals surface area contributed by atoms with Gasteiger partial charge in [0, 0.05) is 31.7 Å². The number of imidazole rings is 2. The van der Waals surface area contributed by atoms with E-state index in [0.29, 0.717) is 65.3 Å². The molecule has 1 fully saturated rings. The summed E-state index contributed by atoms with van der Waals surface area (Å²) in [6.07, 6.45) is 3.38. The van der Waals surface area contributed by atoms with Crippen molar-refractivity contribution >= 4 is 85.9 Å². The number of carbonyl (C=O) groups is 3. The lowest BCUT2D eigenvalue weighted by atomic mass is 10.0. The van der Waals surface area contributed by atoms with Gasteiger partial charge in [-0.25, -0.2) is 19.6 Å². The highest BCUT2D eigenvalue weighted by Crippen LogP contribution is 2.32. The van der Waals surface area contributed by atoms with Crippen LogP contribution in [-0.4, -0.2) is 81.5 Å². The largest absolute Gasteiger partial charge is 0.494 e. The third kappa shape index (κ3) is 8.61. The molecule has 1 aliphatic heterocycles. The number of nitrogens with zero attached hydrogens (tertiary/aromatic N) is 5. The summed E-state index contributed by atoms with van der Waals surface area (Å²) in [6, 6.07) is 6.26. The van der Waals surface area contributed by atoms with Crippen molar-refractivity contribution in [2.75, 3.05) is 45.4 Å². The van der Waals surface area contributed by atoms with Crippen LogP contribution in [0, 0.1) is 17.8 Å². The molecule has 0 bridgehead atoms. The Morgan fingerprint density at radius 2 is 1.44 bits per heavy atom. The lowest BCUT2D eigenvalue weighted by Crippen LogP contribution is -2.51. The summed E-state index contributed by atoms with van der Waals surface area (Å²) >= 11 is 0. The van der Waals surface area contributed by atoms with Crippen molar-refractivity contribution in [3.63, 3.8) is 0 Å². The van der Waals surface area contributed by atoms with E-state index in [9.17, 15) is 14.4 Å². The van der Waals surface area contributed by atoms with Gasteiger partial charge in [0.15, 0.2) is 0 Å². The highest BCUT2D eigenvalue weighted by Gasteiger charge is 2.32. The maximum atomic E-state index is 12.2. The standard InChI is InChI=1S/C33H38N8O7.2BrH/c1-33(2,3)48-32(44)39-17-19(18-39)9-8-12-47-25-15-20(28(34)42)13-22-27(25)41(31(36)37-22)11-7-6-10-40-26-23(38-30(40)35)14-21(29(43)46-5)16-24(26)45-4;;/h6-7,13-16,19H,10-12,17-18H2,1-5H3,(H2,34,42)(H2,35,38)(H2,36,37);2*1H/b7-6+;;. The number of likely N-dealkylation sites (tertiary alicyclic amines) is 1. The summed E-state index contributed by atoms with van der Waals surface area (Å²) in [5, 5.41) is 0. The number of hydrogen-bond acceptors (Lipinski definition) is 11. The van der Waals surface area contributed by atoms with E-state index in [-0.39, 0.29) is 70.0 Å². The number of allylic oxidation sites excluding steroid dienone is 2. The van der Waals surface area contributed by atoms with Crippen molar-refractivity contribution in [1.29, 1.82) is 0 Å². The zero-order valence-electron chi connectivity index (χ0n) is 28.2. The molecule has 0 saturated carbocycles. The number of methoxy groups -OCH3 is 2. The number of fused-ring (bicyclic) bond motifs is 2. The van der Waals surface area contributed by atoms with Crippen molar-refractivity contribution in [1.82, 2.24) is 24.0 Å². The number of benzene rings is 2. The fraction of sp³-hybridized carbons (Fsp3) is 0.364. The molecule has 0 radical (unpaired) electrons. The minimum absolute atomic E-state index is 0. The van der Waals surface area contributed by atoms with E-state index < -0.39 is 17.5 Å². The highest BCUT2D eigenvalue weighted by atomic mass is 79.9. The van der Waals surface area contributed by atoms with Gasteiger partial charge in [-0.3, -0.25) is 4.79 Å². The van der Waals surface area contributed by atoms with Crippen molar-refractivity contribution < 1.29 is 33.3 Å². The maximum absolute atomic E-state index is 12.2. The second-order valence-electron chi connectivity index (χ2n) is 12.1. The third-order valence-corrected chi connectivity index (χ3v) is 7.48.